The van der Waals surface area contributed by atoms with Crippen LogP contribution < -0.4 is 5.32 Å². The largest absolute Gasteiger partial charge is 0.447 e. The highest BCUT2D eigenvalue weighted by Crippen LogP contribution is 2.21. The van der Waals surface area contributed by atoms with Crippen LogP contribution in [0.1, 0.15) is 26.2 Å². The van der Waals surface area contributed by atoms with E-state index in [9.17, 15) is 4.79 Å². The molecule has 0 bridgehead atoms. The number of carbonyl (C=O) groups is 1. The Balaban J connectivity index is 2.20. The van der Waals surface area contributed by atoms with Crippen molar-refractivity contribution in [2.24, 2.45) is 0 Å². The summed E-state index contributed by atoms with van der Waals surface area (Å²) in [5.74, 6) is 0. The number of hydrogen-bond donors (Lipinski definition) is 2. The van der Waals surface area contributed by atoms with E-state index in [1.807, 2.05) is 0 Å². The first-order chi connectivity index (χ1) is 14.4. The summed E-state index contributed by atoms with van der Waals surface area (Å²) >= 11 is 0. The van der Waals surface area contributed by atoms with Crippen LogP contribution in [0.4, 0.5) is 4.79 Å². The number of benzene rings is 1. The van der Waals surface area contributed by atoms with Crippen molar-refractivity contribution in [3.8, 4) is 0 Å². The van der Waals surface area contributed by atoms with Gasteiger partial charge in [-0.1, -0.05) is 6.04 Å². The number of aromatic nitrogens is 1. The van der Waals surface area contributed by atoms with Crippen molar-refractivity contribution < 1.29 is 24.6 Å². The van der Waals surface area contributed by atoms with Gasteiger partial charge in [0.1, 0.15) is 6.61 Å². The number of fused-ring (bicyclic) bond motifs is 1. The highest BCUT2D eigenvalue weighted by atomic mass is 16.6. The van der Waals surface area contributed by atoms with Crippen LogP contribution in [0.25, 0.3) is 10.9 Å². The number of ether oxygens (including phenoxy) is 1. The molecule has 1 atom stereocenters. The number of nitrogens with zero attached hydrogens (tertiary/aromatic N) is 1. The van der Waals surface area contributed by atoms with Crippen molar-refractivity contribution in [1.29, 1.82) is 0 Å². The highest BCUT2D eigenvalue weighted by molar-refractivity contribution is 5.84. The Bertz CT molecular complexity index is 1080. The number of H-pyrrole nitrogens is 1. The second kappa shape index (κ2) is 5.77. The zero-order chi connectivity index (χ0) is 24.4. The Hall–Kier alpha value is -2.01. The van der Waals surface area contributed by atoms with Crippen LogP contribution in [0.15, 0.2) is 24.3 Å². The Labute approximate surface area is 139 Å². The van der Waals surface area contributed by atoms with Crippen molar-refractivity contribution in [3.63, 3.8) is 0 Å². The van der Waals surface area contributed by atoms with Gasteiger partial charge in [0.15, 0.2) is 0 Å². The van der Waals surface area contributed by atoms with E-state index in [1.54, 1.807) is 0 Å². The van der Waals surface area contributed by atoms with Gasteiger partial charge in [0, 0.05) is 33.2 Å². The molecule has 1 saturated heterocycles. The molecular formula is C16H21N3O2. The minimum absolute atomic E-state index is 0.0966. The van der Waals surface area contributed by atoms with Crippen LogP contribution >= 0.6 is 0 Å². The standard InChI is InChI=1S/C16H21N3O2/c1-19(2)6-5-12-9-17-15-4-3-11(8-14(12)15)7-13-10-21-16(20)18-13/h3-4,8-9,13,17H,5-7,10H2,1-2H3,(H,18,20)/t13-/m0/s1/i1D3,3D,4D,5D2,6D2,8D,13D. The average molecular weight is 298 g/mol. The smallest absolute Gasteiger partial charge is 0.407 e. The number of alkyl carbamates (subject to hydrolysis) is 1. The fourth-order valence-corrected chi connectivity index (χ4v) is 1.98. The number of aromatic amines is 1. The quantitative estimate of drug-likeness (QED) is 0.887. The van der Waals surface area contributed by atoms with E-state index >= 15 is 0 Å². The summed E-state index contributed by atoms with van der Waals surface area (Å²) in [6.07, 6.45) is -3.13. The molecule has 1 amide bonds. The van der Waals surface area contributed by atoms with Crippen molar-refractivity contribution in [1.82, 2.24) is 15.2 Å². The first kappa shape index (κ1) is 6.01. The number of amides is 1. The van der Waals surface area contributed by atoms with Gasteiger partial charge in [0.25, 0.3) is 0 Å². The molecule has 2 heterocycles. The van der Waals surface area contributed by atoms with Gasteiger partial charge < -0.3 is 19.9 Å². The predicted octanol–water partition coefficient (Wildman–Crippen LogP) is 1.92. The van der Waals surface area contributed by atoms with Crippen molar-refractivity contribution >= 4 is 17.0 Å². The van der Waals surface area contributed by atoms with Crippen LogP contribution in [0.2, 0.25) is 0 Å². The maximum atomic E-state index is 11.4. The number of rotatable bonds is 5. The van der Waals surface area contributed by atoms with Gasteiger partial charge in [0.2, 0.25) is 0 Å². The average Bonchev–Trinajstić information content (AvgIpc) is 3.26. The number of nitrogens with one attached hydrogen (secondary N) is 2. The minimum Gasteiger partial charge on any atom is -0.447 e. The summed E-state index contributed by atoms with van der Waals surface area (Å²) in [6, 6.07) is -2.95. The maximum absolute atomic E-state index is 11.4. The molecule has 0 aliphatic carbocycles. The number of likely N-dealkylation sites (N-methyl/N-ethyl adjacent to an activating group) is 1. The van der Waals surface area contributed by atoms with E-state index in [0.717, 1.165) is 13.2 Å². The zero-order valence-electron chi connectivity index (χ0n) is 22.3. The van der Waals surface area contributed by atoms with Crippen LogP contribution in [0, 0.1) is 0 Å². The summed E-state index contributed by atoms with van der Waals surface area (Å²) in [7, 11) is 0.914. The van der Waals surface area contributed by atoms with Gasteiger partial charge in [0.05, 0.1) is 11.5 Å². The van der Waals surface area contributed by atoms with Crippen molar-refractivity contribution in [2.75, 3.05) is 27.1 Å². The molecule has 112 valence electrons. The molecular weight excluding hydrogens is 266 g/mol. The maximum Gasteiger partial charge on any atom is 0.407 e. The lowest BCUT2D eigenvalue weighted by atomic mass is 10.0. The molecule has 0 saturated carbocycles. The van der Waals surface area contributed by atoms with E-state index < -0.39 is 55.6 Å². The second-order valence-electron chi connectivity index (χ2n) is 4.58. The number of hydrogen-bond acceptors (Lipinski definition) is 3. The molecule has 0 spiro atoms. The first-order valence-corrected chi connectivity index (χ1v) is 6.23. The van der Waals surface area contributed by atoms with E-state index in [2.05, 4.69) is 10.3 Å². The van der Waals surface area contributed by atoms with Gasteiger partial charge in [-0.25, -0.2) is 4.79 Å². The molecule has 5 nitrogen and oxygen atoms in total. The van der Waals surface area contributed by atoms with Gasteiger partial charge >= 0.3 is 6.09 Å². The lowest BCUT2D eigenvalue weighted by molar-refractivity contribution is 0.177. The van der Waals surface area contributed by atoms with Crippen LogP contribution in [-0.4, -0.2) is 49.1 Å². The lowest BCUT2D eigenvalue weighted by Crippen LogP contribution is -2.28. The molecule has 1 aliphatic heterocycles. The van der Waals surface area contributed by atoms with E-state index in [0.29, 0.717) is 0 Å². The molecule has 5 heteroatoms. The molecule has 1 aliphatic rings. The molecule has 0 unspecified atom stereocenters. The Morgan fingerprint density at radius 1 is 1.67 bits per heavy atom. The van der Waals surface area contributed by atoms with Gasteiger partial charge in [-0.15, -0.1) is 0 Å². The fourth-order valence-electron chi connectivity index (χ4n) is 1.98. The third kappa shape index (κ3) is 3.19. The monoisotopic (exact) mass is 298 g/mol. The molecule has 0 radical (unpaired) electrons. The Morgan fingerprint density at radius 3 is 3.33 bits per heavy atom. The normalized spacial score (nSPS) is 31.3. The molecule has 3 rings (SSSR count). The van der Waals surface area contributed by atoms with Crippen LogP contribution in [0.3, 0.4) is 0 Å². The summed E-state index contributed by atoms with van der Waals surface area (Å²) in [4.78, 5) is 14.2. The highest BCUT2D eigenvalue weighted by Gasteiger charge is 2.22. The third-order valence-corrected chi connectivity index (χ3v) is 2.90. The molecule has 21 heavy (non-hydrogen) atoms. The van der Waals surface area contributed by atoms with E-state index in [4.69, 9.17) is 19.8 Å². The SMILES string of the molecule is [2H]c1c(C[C@@]2([2H])COC(=O)N2)c([2H])c2c(C([2H])([2H])C([2H])([2H])N(C)C([2H])([2H])[2H])c[nH]c2c1[2H]. The topological polar surface area (TPSA) is 57.4 Å². The third-order valence-electron chi connectivity index (χ3n) is 2.90. The van der Waals surface area contributed by atoms with Gasteiger partial charge in [-0.2, -0.15) is 0 Å². The first-order valence-electron chi connectivity index (χ1n) is 11.7. The van der Waals surface area contributed by atoms with Crippen LogP contribution in [-0.2, 0) is 17.5 Å². The molecule has 1 fully saturated rings. The second-order valence-corrected chi connectivity index (χ2v) is 4.58. The summed E-state index contributed by atoms with van der Waals surface area (Å²) in [6.45, 7) is -6.36. The Kier molecular flexibility index (Phi) is 1.65. The summed E-state index contributed by atoms with van der Waals surface area (Å²) in [5, 5.41) is 2.06. The lowest BCUT2D eigenvalue weighted by Gasteiger charge is -2.09. The fraction of sp³-hybridized carbons (Fsp3) is 0.438. The Morgan fingerprint density at radius 2 is 2.57 bits per heavy atom. The van der Waals surface area contributed by atoms with Gasteiger partial charge in [-0.05, 0) is 50.0 Å². The summed E-state index contributed by atoms with van der Waals surface area (Å²) < 4.78 is 93.7. The summed E-state index contributed by atoms with van der Waals surface area (Å²) in [5.41, 5.74) is -0.635. The molecule has 1 aromatic carbocycles. The van der Waals surface area contributed by atoms with Crippen molar-refractivity contribution in [3.05, 3.63) is 35.5 Å². The predicted molar refractivity (Wildman–Crippen MR) is 82.5 cm³/mol. The number of aryl methyl sites for hydroxylation is 1. The minimum atomic E-state index is -3.05. The number of carbonyl (C=O) groups excluding carboxylic acids is 1. The molecule has 2 aromatic rings. The molecule has 2 N–H and O–H groups in total. The zero-order valence-corrected chi connectivity index (χ0v) is 11.3. The van der Waals surface area contributed by atoms with E-state index in [-0.39, 0.29) is 34.4 Å². The number of cyclic esters (lactones) is 1. The van der Waals surface area contributed by atoms with Crippen molar-refractivity contribution in [2.45, 2.75) is 18.8 Å². The van der Waals surface area contributed by atoms with Crippen LogP contribution in [0.5, 0.6) is 0 Å². The molecule has 1 aromatic heterocycles. The van der Waals surface area contributed by atoms with E-state index in [1.165, 1.54) is 0 Å². The van der Waals surface area contributed by atoms with Gasteiger partial charge in [-0.3, -0.25) is 0 Å².